The summed E-state index contributed by atoms with van der Waals surface area (Å²) in [7, 11) is 1.63. The first-order chi connectivity index (χ1) is 13.2. The number of fused-ring (bicyclic) bond motifs is 1. The minimum absolute atomic E-state index is 0.614. The molecule has 4 heteroatoms. The van der Waals surface area contributed by atoms with Crippen molar-refractivity contribution in [3.8, 4) is 17.6 Å². The standard InChI is InChI=1S/C23H20N2O2/c1-16-12-18(9-8-17-6-4-3-5-7-17)14-24-22(16)25-15-19-10-11-20(27-2)13-21(19)23(25)26/h3-7,10-14,23,26H,15H2,1-2H3. The molecule has 27 heavy (non-hydrogen) atoms. The van der Waals surface area contributed by atoms with Gasteiger partial charge in [-0.25, -0.2) is 4.98 Å². The zero-order valence-electron chi connectivity index (χ0n) is 15.3. The van der Waals surface area contributed by atoms with Crippen molar-refractivity contribution < 1.29 is 9.84 Å². The van der Waals surface area contributed by atoms with Crippen LogP contribution >= 0.6 is 0 Å². The van der Waals surface area contributed by atoms with Gasteiger partial charge < -0.3 is 14.7 Å². The van der Waals surface area contributed by atoms with Gasteiger partial charge in [0.2, 0.25) is 0 Å². The predicted molar refractivity (Wildman–Crippen MR) is 106 cm³/mol. The van der Waals surface area contributed by atoms with E-state index in [0.29, 0.717) is 6.54 Å². The number of anilines is 1. The fraction of sp³-hybridized carbons (Fsp3) is 0.174. The minimum atomic E-state index is -0.734. The maximum Gasteiger partial charge on any atom is 0.155 e. The number of ether oxygens (including phenoxy) is 1. The molecule has 1 aliphatic rings. The van der Waals surface area contributed by atoms with Crippen molar-refractivity contribution in [3.05, 3.63) is 88.6 Å². The smallest absolute Gasteiger partial charge is 0.155 e. The Morgan fingerprint density at radius 1 is 1.07 bits per heavy atom. The van der Waals surface area contributed by atoms with Crippen molar-refractivity contribution in [3.63, 3.8) is 0 Å². The van der Waals surface area contributed by atoms with Crippen LogP contribution in [0.5, 0.6) is 5.75 Å². The molecular weight excluding hydrogens is 336 g/mol. The molecule has 4 rings (SSSR count). The molecule has 0 saturated heterocycles. The van der Waals surface area contributed by atoms with Crippen LogP contribution in [-0.2, 0) is 6.54 Å². The van der Waals surface area contributed by atoms with Crippen LogP contribution in [0.3, 0.4) is 0 Å². The van der Waals surface area contributed by atoms with E-state index in [1.54, 1.807) is 13.3 Å². The molecule has 134 valence electrons. The van der Waals surface area contributed by atoms with Crippen LogP contribution in [-0.4, -0.2) is 17.2 Å². The normalized spacial score (nSPS) is 15.1. The second kappa shape index (κ2) is 7.14. The van der Waals surface area contributed by atoms with Crippen LogP contribution in [0.1, 0.15) is 34.0 Å². The van der Waals surface area contributed by atoms with E-state index >= 15 is 0 Å². The van der Waals surface area contributed by atoms with Gasteiger partial charge in [0.25, 0.3) is 0 Å². The maximum atomic E-state index is 10.8. The van der Waals surface area contributed by atoms with E-state index in [9.17, 15) is 5.11 Å². The number of nitrogens with zero attached hydrogens (tertiary/aromatic N) is 2. The molecule has 0 saturated carbocycles. The minimum Gasteiger partial charge on any atom is -0.497 e. The molecule has 1 N–H and O–H groups in total. The average molecular weight is 356 g/mol. The van der Waals surface area contributed by atoms with Gasteiger partial charge in [0.15, 0.2) is 6.23 Å². The number of benzene rings is 2. The van der Waals surface area contributed by atoms with Gasteiger partial charge in [-0.15, -0.1) is 0 Å². The summed E-state index contributed by atoms with van der Waals surface area (Å²) in [6.45, 7) is 2.61. The van der Waals surface area contributed by atoms with Crippen molar-refractivity contribution >= 4 is 5.82 Å². The summed E-state index contributed by atoms with van der Waals surface area (Å²) in [5.41, 5.74) is 4.75. The third-order valence-electron chi connectivity index (χ3n) is 4.71. The molecule has 2 aromatic carbocycles. The lowest BCUT2D eigenvalue weighted by atomic mass is 10.1. The Morgan fingerprint density at radius 2 is 1.85 bits per heavy atom. The van der Waals surface area contributed by atoms with Crippen LogP contribution in [0.4, 0.5) is 5.82 Å². The first kappa shape index (κ1) is 17.1. The molecule has 1 aliphatic heterocycles. The molecule has 1 aromatic heterocycles. The third-order valence-corrected chi connectivity index (χ3v) is 4.71. The number of rotatable bonds is 2. The van der Waals surface area contributed by atoms with Crippen LogP contribution < -0.4 is 9.64 Å². The van der Waals surface area contributed by atoms with Gasteiger partial charge in [-0.2, -0.15) is 0 Å². The van der Waals surface area contributed by atoms with Crippen LogP contribution in [0, 0.1) is 18.8 Å². The number of hydrogen-bond acceptors (Lipinski definition) is 4. The Kier molecular flexibility index (Phi) is 4.53. The molecule has 0 fully saturated rings. The van der Waals surface area contributed by atoms with Gasteiger partial charge in [-0.1, -0.05) is 36.1 Å². The highest BCUT2D eigenvalue weighted by molar-refractivity contribution is 5.56. The van der Waals surface area contributed by atoms with Gasteiger partial charge in [-0.05, 0) is 48.4 Å². The van der Waals surface area contributed by atoms with Gasteiger partial charge in [-0.3, -0.25) is 0 Å². The second-order valence-corrected chi connectivity index (χ2v) is 6.55. The van der Waals surface area contributed by atoms with E-state index in [1.165, 1.54) is 0 Å². The summed E-state index contributed by atoms with van der Waals surface area (Å²) in [6.07, 6.45) is 1.02. The number of methoxy groups -OCH3 is 1. The summed E-state index contributed by atoms with van der Waals surface area (Å²) in [5, 5.41) is 10.8. The molecular formula is C23H20N2O2. The molecule has 3 aromatic rings. The van der Waals surface area contributed by atoms with E-state index in [-0.39, 0.29) is 0 Å². The molecule has 1 unspecified atom stereocenters. The number of aromatic nitrogens is 1. The Hall–Kier alpha value is -3.29. The molecule has 0 radical (unpaired) electrons. The summed E-state index contributed by atoms with van der Waals surface area (Å²) < 4.78 is 5.27. The Labute approximate surface area is 159 Å². The van der Waals surface area contributed by atoms with Crippen LogP contribution in [0.15, 0.2) is 60.8 Å². The van der Waals surface area contributed by atoms with E-state index < -0.39 is 6.23 Å². The Balaban J connectivity index is 1.60. The summed E-state index contributed by atoms with van der Waals surface area (Å²) in [5.74, 6) is 7.81. The highest BCUT2D eigenvalue weighted by Gasteiger charge is 2.30. The van der Waals surface area contributed by atoms with Crippen molar-refractivity contribution in [2.45, 2.75) is 19.7 Å². The molecule has 0 spiro atoms. The van der Waals surface area contributed by atoms with Gasteiger partial charge in [0.05, 0.1) is 7.11 Å². The number of hydrogen-bond donors (Lipinski definition) is 1. The monoisotopic (exact) mass is 356 g/mol. The SMILES string of the molecule is COc1ccc2c(c1)C(O)N(c1ncc(C#Cc3ccccc3)cc1C)C2. The zero-order chi connectivity index (χ0) is 18.8. The predicted octanol–water partition coefficient (Wildman–Crippen LogP) is 3.81. The molecule has 0 aliphatic carbocycles. The quantitative estimate of drug-likeness (QED) is 0.709. The van der Waals surface area contributed by atoms with Crippen molar-refractivity contribution in [2.75, 3.05) is 12.0 Å². The molecule has 0 amide bonds. The van der Waals surface area contributed by atoms with Gasteiger partial charge in [0, 0.05) is 29.4 Å². The van der Waals surface area contributed by atoms with Crippen molar-refractivity contribution in [1.82, 2.24) is 4.98 Å². The van der Waals surface area contributed by atoms with Crippen LogP contribution in [0.2, 0.25) is 0 Å². The Bertz CT molecular complexity index is 1040. The number of pyridine rings is 1. The lowest BCUT2D eigenvalue weighted by Crippen LogP contribution is -2.23. The topological polar surface area (TPSA) is 45.6 Å². The highest BCUT2D eigenvalue weighted by atomic mass is 16.5. The number of aryl methyl sites for hydroxylation is 1. The highest BCUT2D eigenvalue weighted by Crippen LogP contribution is 2.37. The number of aliphatic hydroxyl groups excluding tert-OH is 1. The summed E-state index contributed by atoms with van der Waals surface area (Å²) >= 11 is 0. The second-order valence-electron chi connectivity index (χ2n) is 6.55. The maximum absolute atomic E-state index is 10.8. The molecule has 0 bridgehead atoms. The van der Waals surface area contributed by atoms with E-state index in [0.717, 1.165) is 39.4 Å². The van der Waals surface area contributed by atoms with Crippen molar-refractivity contribution in [2.24, 2.45) is 0 Å². The first-order valence-corrected chi connectivity index (χ1v) is 8.81. The fourth-order valence-electron chi connectivity index (χ4n) is 3.32. The van der Waals surface area contributed by atoms with E-state index in [1.807, 2.05) is 66.4 Å². The lowest BCUT2D eigenvalue weighted by molar-refractivity contribution is 0.180. The third kappa shape index (κ3) is 3.38. The van der Waals surface area contributed by atoms with E-state index in [2.05, 4.69) is 16.8 Å². The van der Waals surface area contributed by atoms with Gasteiger partial charge in [0.1, 0.15) is 11.6 Å². The van der Waals surface area contributed by atoms with Gasteiger partial charge >= 0.3 is 0 Å². The lowest BCUT2D eigenvalue weighted by Gasteiger charge is -2.23. The zero-order valence-corrected chi connectivity index (χ0v) is 15.3. The Morgan fingerprint density at radius 3 is 2.59 bits per heavy atom. The largest absolute Gasteiger partial charge is 0.497 e. The summed E-state index contributed by atoms with van der Waals surface area (Å²) in [4.78, 5) is 6.48. The van der Waals surface area contributed by atoms with Crippen molar-refractivity contribution in [1.29, 1.82) is 0 Å². The fourth-order valence-corrected chi connectivity index (χ4v) is 3.32. The first-order valence-electron chi connectivity index (χ1n) is 8.81. The molecule has 2 heterocycles. The average Bonchev–Trinajstić information content (AvgIpc) is 3.03. The number of aliphatic hydroxyl groups is 1. The van der Waals surface area contributed by atoms with E-state index in [4.69, 9.17) is 4.74 Å². The summed E-state index contributed by atoms with van der Waals surface area (Å²) in [6, 6.07) is 17.7. The molecule has 1 atom stereocenters. The van der Waals surface area contributed by atoms with Crippen LogP contribution in [0.25, 0.3) is 0 Å². The molecule has 4 nitrogen and oxygen atoms in total.